The molecule has 7 nitrogen and oxygen atoms in total. The molecule has 0 aliphatic heterocycles. The lowest BCUT2D eigenvalue weighted by Crippen LogP contribution is -2.42. The summed E-state index contributed by atoms with van der Waals surface area (Å²) in [6.07, 6.45) is 2.24. The SMILES string of the molecule is Cc1ccc(C[C@@H](CN)NC(=O)c2cc(C(=O)O)c3cc(-c4ccccn4)ccc3n2)cc1. The van der Waals surface area contributed by atoms with Gasteiger partial charge in [-0.15, -0.1) is 0 Å². The van der Waals surface area contributed by atoms with Gasteiger partial charge in [0.2, 0.25) is 0 Å². The third-order valence-electron chi connectivity index (χ3n) is 5.45. The third-order valence-corrected chi connectivity index (χ3v) is 5.45. The Bertz CT molecular complexity index is 1300. The fraction of sp³-hybridized carbons (Fsp3) is 0.154. The number of aromatic nitrogens is 2. The van der Waals surface area contributed by atoms with Crippen molar-refractivity contribution in [3.05, 3.63) is 95.3 Å². The van der Waals surface area contributed by atoms with E-state index in [-0.39, 0.29) is 23.8 Å². The summed E-state index contributed by atoms with van der Waals surface area (Å²) in [5.74, 6) is -1.60. The largest absolute Gasteiger partial charge is 0.478 e. The van der Waals surface area contributed by atoms with E-state index < -0.39 is 11.9 Å². The van der Waals surface area contributed by atoms with Crippen molar-refractivity contribution in [2.75, 3.05) is 6.54 Å². The Balaban J connectivity index is 1.63. The summed E-state index contributed by atoms with van der Waals surface area (Å²) in [5, 5.41) is 13.1. The number of carboxylic acid groups (broad SMARTS) is 1. The predicted molar refractivity (Wildman–Crippen MR) is 127 cm³/mol. The number of nitrogens with two attached hydrogens (primary N) is 1. The smallest absolute Gasteiger partial charge is 0.336 e. The summed E-state index contributed by atoms with van der Waals surface area (Å²) < 4.78 is 0. The zero-order chi connectivity index (χ0) is 23.4. The van der Waals surface area contributed by atoms with Crippen molar-refractivity contribution in [3.63, 3.8) is 0 Å². The van der Waals surface area contributed by atoms with Gasteiger partial charge in [0.15, 0.2) is 0 Å². The first kappa shape index (κ1) is 22.1. The first-order valence-corrected chi connectivity index (χ1v) is 10.6. The van der Waals surface area contributed by atoms with Gasteiger partial charge in [0.05, 0.1) is 16.8 Å². The summed E-state index contributed by atoms with van der Waals surface area (Å²) in [6.45, 7) is 2.25. The second kappa shape index (κ2) is 9.58. The van der Waals surface area contributed by atoms with E-state index in [4.69, 9.17) is 5.73 Å². The molecule has 166 valence electrons. The van der Waals surface area contributed by atoms with Crippen molar-refractivity contribution in [1.29, 1.82) is 0 Å². The van der Waals surface area contributed by atoms with Crippen molar-refractivity contribution < 1.29 is 14.7 Å². The van der Waals surface area contributed by atoms with E-state index in [9.17, 15) is 14.7 Å². The molecule has 1 amide bonds. The summed E-state index contributed by atoms with van der Waals surface area (Å²) in [4.78, 5) is 33.7. The van der Waals surface area contributed by atoms with E-state index in [1.165, 1.54) is 6.07 Å². The van der Waals surface area contributed by atoms with E-state index in [1.807, 2.05) is 55.5 Å². The van der Waals surface area contributed by atoms with Crippen LogP contribution >= 0.6 is 0 Å². The Morgan fingerprint density at radius 1 is 1.06 bits per heavy atom. The average Bonchev–Trinajstić information content (AvgIpc) is 2.84. The predicted octanol–water partition coefficient (Wildman–Crippen LogP) is 3.60. The number of nitrogens with one attached hydrogen (secondary N) is 1. The van der Waals surface area contributed by atoms with Crippen molar-refractivity contribution in [2.45, 2.75) is 19.4 Å². The maximum absolute atomic E-state index is 12.9. The van der Waals surface area contributed by atoms with Gasteiger partial charge in [0.1, 0.15) is 5.69 Å². The lowest BCUT2D eigenvalue weighted by atomic mass is 10.0. The van der Waals surface area contributed by atoms with Crippen LogP contribution in [0.1, 0.15) is 32.0 Å². The molecule has 0 bridgehead atoms. The number of amides is 1. The van der Waals surface area contributed by atoms with Crippen LogP contribution in [0.5, 0.6) is 0 Å². The minimum Gasteiger partial charge on any atom is -0.478 e. The number of pyridine rings is 2. The van der Waals surface area contributed by atoms with Crippen molar-refractivity contribution in [2.24, 2.45) is 5.73 Å². The fourth-order valence-corrected chi connectivity index (χ4v) is 3.67. The zero-order valence-corrected chi connectivity index (χ0v) is 18.2. The van der Waals surface area contributed by atoms with Crippen LogP contribution in [0.4, 0.5) is 0 Å². The molecular formula is C26H24N4O3. The number of hydrogen-bond donors (Lipinski definition) is 3. The molecule has 2 aromatic carbocycles. The van der Waals surface area contributed by atoms with Gasteiger partial charge in [-0.25, -0.2) is 9.78 Å². The van der Waals surface area contributed by atoms with Crippen LogP contribution in [0.2, 0.25) is 0 Å². The average molecular weight is 441 g/mol. The van der Waals surface area contributed by atoms with E-state index in [0.29, 0.717) is 17.3 Å². The van der Waals surface area contributed by atoms with Gasteiger partial charge in [-0.05, 0) is 49.2 Å². The Kier molecular flexibility index (Phi) is 6.42. The van der Waals surface area contributed by atoms with Crippen molar-refractivity contribution in [1.82, 2.24) is 15.3 Å². The molecular weight excluding hydrogens is 416 g/mol. The number of aromatic carboxylic acids is 1. The highest BCUT2D eigenvalue weighted by atomic mass is 16.4. The van der Waals surface area contributed by atoms with Gasteiger partial charge in [-0.2, -0.15) is 0 Å². The number of hydrogen-bond acceptors (Lipinski definition) is 5. The molecule has 7 heteroatoms. The minimum atomic E-state index is -1.13. The first-order valence-electron chi connectivity index (χ1n) is 10.6. The van der Waals surface area contributed by atoms with Gasteiger partial charge in [-0.3, -0.25) is 9.78 Å². The monoisotopic (exact) mass is 440 g/mol. The molecule has 0 saturated carbocycles. The highest BCUT2D eigenvalue weighted by Crippen LogP contribution is 2.25. The molecule has 4 N–H and O–H groups in total. The number of nitrogens with zero attached hydrogens (tertiary/aromatic N) is 2. The summed E-state index contributed by atoms with van der Waals surface area (Å²) in [5.41, 5.74) is 10.0. The summed E-state index contributed by atoms with van der Waals surface area (Å²) >= 11 is 0. The zero-order valence-electron chi connectivity index (χ0n) is 18.2. The molecule has 1 atom stereocenters. The highest BCUT2D eigenvalue weighted by Gasteiger charge is 2.19. The Labute approximate surface area is 191 Å². The van der Waals surface area contributed by atoms with E-state index in [1.54, 1.807) is 18.3 Å². The normalized spacial score (nSPS) is 11.8. The minimum absolute atomic E-state index is 0.00534. The Morgan fingerprint density at radius 2 is 1.85 bits per heavy atom. The van der Waals surface area contributed by atoms with Crippen LogP contribution < -0.4 is 11.1 Å². The lowest BCUT2D eigenvalue weighted by Gasteiger charge is -2.17. The number of carboxylic acids is 1. The number of fused-ring (bicyclic) bond motifs is 1. The summed E-state index contributed by atoms with van der Waals surface area (Å²) in [6, 6.07) is 19.8. The van der Waals surface area contributed by atoms with Gasteiger partial charge >= 0.3 is 5.97 Å². The van der Waals surface area contributed by atoms with Crippen LogP contribution in [0.3, 0.4) is 0 Å². The number of aryl methyl sites for hydroxylation is 1. The quantitative estimate of drug-likeness (QED) is 0.404. The van der Waals surface area contributed by atoms with E-state index in [0.717, 1.165) is 22.4 Å². The number of carbonyl (C=O) groups is 2. The second-order valence-electron chi connectivity index (χ2n) is 7.90. The molecule has 0 radical (unpaired) electrons. The molecule has 0 aliphatic carbocycles. The maximum Gasteiger partial charge on any atom is 0.336 e. The Hall–Kier alpha value is -4.10. The Morgan fingerprint density at radius 3 is 2.52 bits per heavy atom. The lowest BCUT2D eigenvalue weighted by molar-refractivity contribution is 0.0699. The van der Waals surface area contributed by atoms with Gasteiger partial charge < -0.3 is 16.2 Å². The number of carbonyl (C=O) groups excluding carboxylic acids is 1. The highest BCUT2D eigenvalue weighted by molar-refractivity contribution is 6.06. The molecule has 2 aromatic heterocycles. The van der Waals surface area contributed by atoms with Crippen molar-refractivity contribution in [3.8, 4) is 11.3 Å². The van der Waals surface area contributed by atoms with Crippen LogP contribution in [0.15, 0.2) is 72.9 Å². The fourth-order valence-electron chi connectivity index (χ4n) is 3.67. The molecule has 0 aliphatic rings. The van der Waals surface area contributed by atoms with Crippen molar-refractivity contribution >= 4 is 22.8 Å². The molecule has 4 rings (SSSR count). The van der Waals surface area contributed by atoms with E-state index in [2.05, 4.69) is 15.3 Å². The third kappa shape index (κ3) is 5.05. The van der Waals surface area contributed by atoms with Gasteiger partial charge in [0.25, 0.3) is 5.91 Å². The van der Waals surface area contributed by atoms with E-state index >= 15 is 0 Å². The van der Waals surface area contributed by atoms with Crippen LogP contribution in [-0.4, -0.2) is 39.5 Å². The standard InChI is InChI=1S/C26H24N4O3/c1-16-5-7-17(8-6-16)12-19(15-27)29-25(31)24-14-21(26(32)33)20-13-18(9-10-23(20)30-24)22-4-2-3-11-28-22/h2-11,13-14,19H,12,15,27H2,1H3,(H,29,31)(H,32,33)/t19-/m0/s1. The summed E-state index contributed by atoms with van der Waals surface area (Å²) in [7, 11) is 0. The topological polar surface area (TPSA) is 118 Å². The molecule has 0 spiro atoms. The maximum atomic E-state index is 12.9. The molecule has 0 saturated heterocycles. The van der Waals surface area contributed by atoms with Crippen LogP contribution in [0.25, 0.3) is 22.2 Å². The second-order valence-corrected chi connectivity index (χ2v) is 7.90. The molecule has 0 unspecified atom stereocenters. The van der Waals surface area contributed by atoms with Crippen LogP contribution in [0, 0.1) is 6.92 Å². The number of benzene rings is 2. The van der Waals surface area contributed by atoms with Gasteiger partial charge in [-0.1, -0.05) is 42.0 Å². The molecule has 4 aromatic rings. The first-order chi connectivity index (χ1) is 15.9. The molecule has 0 fully saturated rings. The molecule has 33 heavy (non-hydrogen) atoms. The number of rotatable bonds is 7. The molecule has 2 heterocycles. The van der Waals surface area contributed by atoms with Crippen LogP contribution in [-0.2, 0) is 6.42 Å². The van der Waals surface area contributed by atoms with Gasteiger partial charge in [0, 0.05) is 29.7 Å².